The molecule has 2 fully saturated rings. The smallest absolute Gasteiger partial charge is 0.0598 e. The lowest BCUT2D eigenvalue weighted by Crippen LogP contribution is -2.13. The van der Waals surface area contributed by atoms with Crippen molar-refractivity contribution in [3.63, 3.8) is 0 Å². The molecule has 0 atom stereocenters. The summed E-state index contributed by atoms with van der Waals surface area (Å²) in [5.41, 5.74) is 17.7. The van der Waals surface area contributed by atoms with Gasteiger partial charge in [0.2, 0.25) is 0 Å². The predicted molar refractivity (Wildman–Crippen MR) is 103 cm³/mol. The molecule has 126 valence electrons. The van der Waals surface area contributed by atoms with Crippen molar-refractivity contribution in [3.8, 4) is 0 Å². The summed E-state index contributed by atoms with van der Waals surface area (Å²) in [6.45, 7) is 8.83. The van der Waals surface area contributed by atoms with Gasteiger partial charge in [0, 0.05) is 0 Å². The molecule has 0 saturated heterocycles. The second-order valence-electron chi connectivity index (χ2n) is 7.86. The maximum atomic E-state index is 3.48. The molecule has 2 saturated carbocycles. The van der Waals surface area contributed by atoms with Crippen molar-refractivity contribution >= 4 is 11.4 Å². The lowest BCUT2D eigenvalue weighted by molar-refractivity contribution is 1.10. The van der Waals surface area contributed by atoms with Crippen LogP contribution in [0.3, 0.4) is 0 Å². The summed E-state index contributed by atoms with van der Waals surface area (Å²) >= 11 is 0. The van der Waals surface area contributed by atoms with E-state index in [0.29, 0.717) is 0 Å². The van der Waals surface area contributed by atoms with Gasteiger partial charge in [-0.2, -0.15) is 0 Å². The minimum Gasteiger partial charge on any atom is -0.300 e. The summed E-state index contributed by atoms with van der Waals surface area (Å²) in [4.78, 5) is 0. The number of benzene rings is 2. The zero-order valence-electron chi connectivity index (χ0n) is 15.3. The van der Waals surface area contributed by atoms with Crippen LogP contribution in [0.2, 0.25) is 0 Å². The van der Waals surface area contributed by atoms with Gasteiger partial charge in [-0.15, -0.1) is 0 Å². The summed E-state index contributed by atoms with van der Waals surface area (Å²) < 4.78 is 0. The van der Waals surface area contributed by atoms with Gasteiger partial charge in [0.1, 0.15) is 0 Å². The fourth-order valence-electron chi connectivity index (χ4n) is 3.82. The first-order valence-corrected chi connectivity index (χ1v) is 9.27. The maximum absolute atomic E-state index is 3.48. The van der Waals surface area contributed by atoms with E-state index in [2.05, 4.69) is 62.8 Å². The molecule has 0 amide bonds. The zero-order chi connectivity index (χ0) is 16.8. The van der Waals surface area contributed by atoms with Gasteiger partial charge in [0.25, 0.3) is 0 Å². The summed E-state index contributed by atoms with van der Waals surface area (Å²) in [7, 11) is 0. The molecule has 0 aromatic heterocycles. The average molecular weight is 320 g/mol. The molecular weight excluding hydrogens is 292 g/mol. The van der Waals surface area contributed by atoms with Gasteiger partial charge in [-0.05, 0) is 98.6 Å². The fourth-order valence-corrected chi connectivity index (χ4v) is 3.82. The standard InChI is InChI=1S/C22H28N2/c1-13-9-19(17-5-6-17)10-14(2)21(13)23-24-22-15(3)11-20(12-16(22)4)18-7-8-18/h9-12,17-18,23-24H,5-8H2,1-4H3. The van der Waals surface area contributed by atoms with Crippen LogP contribution in [0.1, 0.15) is 70.9 Å². The van der Waals surface area contributed by atoms with Gasteiger partial charge in [0.05, 0.1) is 11.4 Å². The van der Waals surface area contributed by atoms with Crippen molar-refractivity contribution in [2.75, 3.05) is 10.9 Å². The molecule has 0 bridgehead atoms. The van der Waals surface area contributed by atoms with Gasteiger partial charge >= 0.3 is 0 Å². The van der Waals surface area contributed by atoms with Crippen LogP contribution in [0.15, 0.2) is 24.3 Å². The van der Waals surface area contributed by atoms with E-state index in [1.165, 1.54) is 70.4 Å². The average Bonchev–Trinajstić information content (AvgIpc) is 3.39. The van der Waals surface area contributed by atoms with Crippen LogP contribution in [0.4, 0.5) is 11.4 Å². The number of anilines is 2. The van der Waals surface area contributed by atoms with E-state index in [1.54, 1.807) is 0 Å². The van der Waals surface area contributed by atoms with Gasteiger partial charge < -0.3 is 10.9 Å². The summed E-state index contributed by atoms with van der Waals surface area (Å²) in [6, 6.07) is 9.41. The molecule has 24 heavy (non-hydrogen) atoms. The first kappa shape index (κ1) is 15.6. The molecule has 2 aromatic rings. The fraction of sp³-hybridized carbons (Fsp3) is 0.455. The van der Waals surface area contributed by atoms with E-state index in [4.69, 9.17) is 0 Å². The van der Waals surface area contributed by atoms with Crippen LogP contribution >= 0.6 is 0 Å². The molecule has 2 aromatic carbocycles. The highest BCUT2D eigenvalue weighted by Crippen LogP contribution is 2.43. The van der Waals surface area contributed by atoms with Gasteiger partial charge in [0.15, 0.2) is 0 Å². The Morgan fingerprint density at radius 3 is 1.12 bits per heavy atom. The summed E-state index contributed by atoms with van der Waals surface area (Å²) in [6.07, 6.45) is 5.43. The topological polar surface area (TPSA) is 24.1 Å². The normalized spacial score (nSPS) is 17.0. The van der Waals surface area contributed by atoms with E-state index >= 15 is 0 Å². The van der Waals surface area contributed by atoms with Crippen molar-refractivity contribution in [2.24, 2.45) is 0 Å². The van der Waals surface area contributed by atoms with Crippen molar-refractivity contribution in [1.29, 1.82) is 0 Å². The minimum atomic E-state index is 0.809. The number of nitrogens with one attached hydrogen (secondary N) is 2. The zero-order valence-corrected chi connectivity index (χ0v) is 15.3. The third-order valence-electron chi connectivity index (χ3n) is 5.52. The van der Waals surface area contributed by atoms with Gasteiger partial charge in [-0.1, -0.05) is 24.3 Å². The molecule has 2 nitrogen and oxygen atoms in total. The monoisotopic (exact) mass is 320 g/mol. The highest BCUT2D eigenvalue weighted by Gasteiger charge is 2.25. The Morgan fingerprint density at radius 2 is 0.875 bits per heavy atom. The Kier molecular flexibility index (Phi) is 3.79. The number of hydrogen-bond donors (Lipinski definition) is 2. The highest BCUT2D eigenvalue weighted by atomic mass is 15.4. The number of aryl methyl sites for hydroxylation is 4. The van der Waals surface area contributed by atoms with Crippen molar-refractivity contribution < 1.29 is 0 Å². The highest BCUT2D eigenvalue weighted by molar-refractivity contribution is 5.66. The molecule has 2 aliphatic carbocycles. The van der Waals surface area contributed by atoms with Crippen LogP contribution in [-0.2, 0) is 0 Å². The quantitative estimate of drug-likeness (QED) is 0.649. The van der Waals surface area contributed by atoms with E-state index in [0.717, 1.165) is 11.8 Å². The summed E-state index contributed by atoms with van der Waals surface area (Å²) in [5, 5.41) is 0. The van der Waals surface area contributed by atoms with Crippen molar-refractivity contribution in [2.45, 2.75) is 65.2 Å². The molecule has 2 aliphatic rings. The first-order chi connectivity index (χ1) is 11.5. The maximum Gasteiger partial charge on any atom is 0.0598 e. The molecule has 4 rings (SSSR count). The van der Waals surface area contributed by atoms with Crippen molar-refractivity contribution in [1.82, 2.24) is 0 Å². The molecule has 2 heteroatoms. The van der Waals surface area contributed by atoms with E-state index in [9.17, 15) is 0 Å². The molecule has 0 unspecified atom stereocenters. The SMILES string of the molecule is Cc1cc(C2CC2)cc(C)c1NNc1c(C)cc(C2CC2)cc1C. The third kappa shape index (κ3) is 3.02. The molecular formula is C22H28N2. The van der Waals surface area contributed by atoms with Crippen LogP contribution in [0.25, 0.3) is 0 Å². The third-order valence-corrected chi connectivity index (χ3v) is 5.52. The Hall–Kier alpha value is -1.96. The largest absolute Gasteiger partial charge is 0.300 e. The molecule has 0 spiro atoms. The Morgan fingerprint density at radius 1 is 0.583 bits per heavy atom. The number of hydrogen-bond acceptors (Lipinski definition) is 2. The van der Waals surface area contributed by atoms with E-state index in [-0.39, 0.29) is 0 Å². The Labute approximate surface area is 145 Å². The van der Waals surface area contributed by atoms with Crippen LogP contribution in [-0.4, -0.2) is 0 Å². The van der Waals surface area contributed by atoms with E-state index in [1.807, 2.05) is 0 Å². The number of hydrazine groups is 1. The molecule has 0 aliphatic heterocycles. The number of rotatable bonds is 5. The Balaban J connectivity index is 1.54. The van der Waals surface area contributed by atoms with Crippen LogP contribution in [0.5, 0.6) is 0 Å². The van der Waals surface area contributed by atoms with Gasteiger partial charge in [-0.3, -0.25) is 0 Å². The van der Waals surface area contributed by atoms with E-state index < -0.39 is 0 Å². The lowest BCUT2D eigenvalue weighted by atomic mass is 10.0. The van der Waals surface area contributed by atoms with Crippen LogP contribution < -0.4 is 10.9 Å². The second-order valence-corrected chi connectivity index (χ2v) is 7.86. The predicted octanol–water partition coefficient (Wildman–Crippen LogP) is 6.11. The Bertz CT molecular complexity index is 669. The lowest BCUT2D eigenvalue weighted by Gasteiger charge is -2.19. The van der Waals surface area contributed by atoms with Crippen LogP contribution in [0, 0.1) is 27.7 Å². The molecule has 0 radical (unpaired) electrons. The second kappa shape index (κ2) is 5.84. The molecule has 0 heterocycles. The minimum absolute atomic E-state index is 0.809. The van der Waals surface area contributed by atoms with Crippen molar-refractivity contribution in [3.05, 3.63) is 57.6 Å². The van der Waals surface area contributed by atoms with Gasteiger partial charge in [-0.25, -0.2) is 0 Å². The molecule has 2 N–H and O–H groups in total. The summed E-state index contributed by atoms with van der Waals surface area (Å²) in [5.74, 6) is 1.62. The first-order valence-electron chi connectivity index (χ1n) is 9.27.